The molecule has 25 heavy (non-hydrogen) atoms. The molecule has 0 aliphatic carbocycles. The summed E-state index contributed by atoms with van der Waals surface area (Å²) in [5, 5.41) is 0. The first-order valence-corrected chi connectivity index (χ1v) is 8.80. The summed E-state index contributed by atoms with van der Waals surface area (Å²) >= 11 is 0. The Hall–Kier alpha value is -2.27. The van der Waals surface area contributed by atoms with Crippen LogP contribution >= 0.6 is 0 Å². The zero-order valence-corrected chi connectivity index (χ0v) is 14.6. The Balaban J connectivity index is 1.50. The second-order valence-corrected chi connectivity index (χ2v) is 6.48. The van der Waals surface area contributed by atoms with Gasteiger partial charge in [0.15, 0.2) is 0 Å². The van der Waals surface area contributed by atoms with Crippen molar-refractivity contribution in [2.75, 3.05) is 26.2 Å². The average Bonchev–Trinajstić information content (AvgIpc) is 2.67. The number of rotatable bonds is 5. The Morgan fingerprint density at radius 1 is 1.16 bits per heavy atom. The van der Waals surface area contributed by atoms with E-state index in [0.717, 1.165) is 30.6 Å². The standard InChI is InChI=1S/C20H24FN3O/c1-16(18-6-2-3-7-19(18)21)23-11-13-24(14-12-23)20(25)9-8-17-5-4-10-22-15-17/h2-7,10,15-16H,8-9,11-14H2,1H3/t16-/m1/s1. The number of nitrogens with zero attached hydrogens (tertiary/aromatic N) is 3. The van der Waals surface area contributed by atoms with Crippen molar-refractivity contribution in [3.05, 3.63) is 65.7 Å². The fourth-order valence-corrected chi connectivity index (χ4v) is 3.32. The van der Waals surface area contributed by atoms with Crippen LogP contribution in [0.5, 0.6) is 0 Å². The van der Waals surface area contributed by atoms with Gasteiger partial charge in [-0.3, -0.25) is 14.7 Å². The van der Waals surface area contributed by atoms with E-state index in [9.17, 15) is 9.18 Å². The summed E-state index contributed by atoms with van der Waals surface area (Å²) in [6, 6.07) is 10.8. The molecule has 0 saturated carbocycles. The summed E-state index contributed by atoms with van der Waals surface area (Å²) in [5.41, 5.74) is 1.81. The molecule has 0 bridgehead atoms. The number of hydrogen-bond donors (Lipinski definition) is 0. The maximum Gasteiger partial charge on any atom is 0.222 e. The van der Waals surface area contributed by atoms with E-state index in [4.69, 9.17) is 0 Å². The molecule has 0 radical (unpaired) electrons. The minimum atomic E-state index is -0.162. The van der Waals surface area contributed by atoms with Crippen molar-refractivity contribution >= 4 is 5.91 Å². The summed E-state index contributed by atoms with van der Waals surface area (Å²) in [7, 11) is 0. The zero-order valence-electron chi connectivity index (χ0n) is 14.6. The van der Waals surface area contributed by atoms with Crippen LogP contribution in [-0.2, 0) is 11.2 Å². The number of pyridine rings is 1. The number of aryl methyl sites for hydroxylation is 1. The summed E-state index contributed by atoms with van der Waals surface area (Å²) in [6.07, 6.45) is 4.77. The van der Waals surface area contributed by atoms with Crippen LogP contribution in [0.4, 0.5) is 4.39 Å². The molecule has 1 aromatic heterocycles. The van der Waals surface area contributed by atoms with Gasteiger partial charge in [0.25, 0.3) is 0 Å². The number of aromatic nitrogens is 1. The van der Waals surface area contributed by atoms with Crippen LogP contribution in [0.15, 0.2) is 48.8 Å². The highest BCUT2D eigenvalue weighted by molar-refractivity contribution is 5.76. The first-order valence-electron chi connectivity index (χ1n) is 8.80. The lowest BCUT2D eigenvalue weighted by atomic mass is 10.1. The van der Waals surface area contributed by atoms with Gasteiger partial charge in [0.1, 0.15) is 5.82 Å². The highest BCUT2D eigenvalue weighted by Crippen LogP contribution is 2.24. The topological polar surface area (TPSA) is 36.4 Å². The average molecular weight is 341 g/mol. The Morgan fingerprint density at radius 3 is 2.60 bits per heavy atom. The molecular formula is C20H24FN3O. The molecule has 1 atom stereocenters. The number of amides is 1. The third-order valence-corrected chi connectivity index (χ3v) is 4.92. The number of halogens is 1. The monoisotopic (exact) mass is 341 g/mol. The van der Waals surface area contributed by atoms with Crippen LogP contribution in [0.3, 0.4) is 0 Å². The predicted octanol–water partition coefficient (Wildman–Crippen LogP) is 3.06. The van der Waals surface area contributed by atoms with Crippen molar-refractivity contribution in [2.24, 2.45) is 0 Å². The molecule has 132 valence electrons. The molecule has 1 aliphatic rings. The maximum atomic E-state index is 14.0. The van der Waals surface area contributed by atoms with Crippen LogP contribution in [0.1, 0.15) is 30.5 Å². The zero-order chi connectivity index (χ0) is 17.6. The molecule has 1 aromatic carbocycles. The van der Waals surface area contributed by atoms with Gasteiger partial charge < -0.3 is 4.90 Å². The van der Waals surface area contributed by atoms with E-state index in [1.165, 1.54) is 6.07 Å². The predicted molar refractivity (Wildman–Crippen MR) is 95.5 cm³/mol. The third kappa shape index (κ3) is 4.42. The lowest BCUT2D eigenvalue weighted by molar-refractivity contribution is -0.133. The smallest absolute Gasteiger partial charge is 0.222 e. The molecular weight excluding hydrogens is 317 g/mol. The molecule has 2 aromatic rings. The third-order valence-electron chi connectivity index (χ3n) is 4.92. The van der Waals surface area contributed by atoms with Crippen molar-refractivity contribution in [1.29, 1.82) is 0 Å². The first kappa shape index (κ1) is 17.5. The first-order chi connectivity index (χ1) is 12.1. The Morgan fingerprint density at radius 2 is 1.92 bits per heavy atom. The lowest BCUT2D eigenvalue weighted by Crippen LogP contribution is -2.49. The van der Waals surface area contributed by atoms with Gasteiger partial charge in [-0.05, 0) is 31.0 Å². The lowest BCUT2D eigenvalue weighted by Gasteiger charge is -2.38. The fraction of sp³-hybridized carbons (Fsp3) is 0.400. The minimum Gasteiger partial charge on any atom is -0.340 e. The van der Waals surface area contributed by atoms with E-state index in [1.807, 2.05) is 36.1 Å². The molecule has 0 N–H and O–H groups in total. The molecule has 1 saturated heterocycles. The van der Waals surface area contributed by atoms with Crippen molar-refractivity contribution in [2.45, 2.75) is 25.8 Å². The highest BCUT2D eigenvalue weighted by atomic mass is 19.1. The Labute approximate surface area is 148 Å². The molecule has 1 amide bonds. The molecule has 2 heterocycles. The number of carbonyl (C=O) groups excluding carboxylic acids is 1. The van der Waals surface area contributed by atoms with Crippen molar-refractivity contribution in [3.63, 3.8) is 0 Å². The molecule has 4 nitrogen and oxygen atoms in total. The summed E-state index contributed by atoms with van der Waals surface area (Å²) in [4.78, 5) is 20.6. The van der Waals surface area contributed by atoms with Crippen LogP contribution in [0, 0.1) is 5.82 Å². The summed E-state index contributed by atoms with van der Waals surface area (Å²) in [6.45, 7) is 4.97. The SMILES string of the molecule is C[C@H](c1ccccc1F)N1CCN(C(=O)CCc2cccnc2)CC1. The number of hydrogen-bond acceptors (Lipinski definition) is 3. The van der Waals surface area contributed by atoms with E-state index in [1.54, 1.807) is 18.5 Å². The largest absolute Gasteiger partial charge is 0.340 e. The van der Waals surface area contributed by atoms with Crippen LogP contribution in [0.2, 0.25) is 0 Å². The summed E-state index contributed by atoms with van der Waals surface area (Å²) in [5.74, 6) is 0.0204. The summed E-state index contributed by atoms with van der Waals surface area (Å²) < 4.78 is 14.0. The maximum absolute atomic E-state index is 14.0. The van der Waals surface area contributed by atoms with Crippen molar-refractivity contribution in [1.82, 2.24) is 14.8 Å². The van der Waals surface area contributed by atoms with Crippen molar-refractivity contribution < 1.29 is 9.18 Å². The van der Waals surface area contributed by atoms with E-state index < -0.39 is 0 Å². The number of piperazine rings is 1. The minimum absolute atomic E-state index is 0.0221. The quantitative estimate of drug-likeness (QED) is 0.839. The van der Waals surface area contributed by atoms with Gasteiger partial charge in [-0.2, -0.15) is 0 Å². The normalized spacial score (nSPS) is 16.6. The van der Waals surface area contributed by atoms with E-state index in [0.29, 0.717) is 19.5 Å². The van der Waals surface area contributed by atoms with Crippen LogP contribution < -0.4 is 0 Å². The molecule has 1 fully saturated rings. The van der Waals surface area contributed by atoms with Gasteiger partial charge in [0.05, 0.1) is 0 Å². The molecule has 3 rings (SSSR count). The van der Waals surface area contributed by atoms with Gasteiger partial charge in [-0.25, -0.2) is 4.39 Å². The van der Waals surface area contributed by atoms with Gasteiger partial charge in [-0.1, -0.05) is 24.3 Å². The van der Waals surface area contributed by atoms with Crippen LogP contribution in [-0.4, -0.2) is 46.9 Å². The number of carbonyl (C=O) groups is 1. The van der Waals surface area contributed by atoms with E-state index in [-0.39, 0.29) is 17.8 Å². The van der Waals surface area contributed by atoms with Gasteiger partial charge in [0, 0.05) is 56.6 Å². The van der Waals surface area contributed by atoms with E-state index in [2.05, 4.69) is 9.88 Å². The fourth-order valence-electron chi connectivity index (χ4n) is 3.32. The second-order valence-electron chi connectivity index (χ2n) is 6.48. The molecule has 1 aliphatic heterocycles. The number of benzene rings is 1. The highest BCUT2D eigenvalue weighted by Gasteiger charge is 2.25. The van der Waals surface area contributed by atoms with Crippen LogP contribution in [0.25, 0.3) is 0 Å². The van der Waals surface area contributed by atoms with E-state index >= 15 is 0 Å². The van der Waals surface area contributed by atoms with Crippen molar-refractivity contribution in [3.8, 4) is 0 Å². The Bertz CT molecular complexity index is 699. The Kier molecular flexibility index (Phi) is 5.76. The second kappa shape index (κ2) is 8.21. The molecule has 0 unspecified atom stereocenters. The molecule has 5 heteroatoms. The van der Waals surface area contributed by atoms with Gasteiger partial charge in [0.2, 0.25) is 5.91 Å². The van der Waals surface area contributed by atoms with Gasteiger partial charge >= 0.3 is 0 Å². The van der Waals surface area contributed by atoms with Gasteiger partial charge in [-0.15, -0.1) is 0 Å². The molecule has 0 spiro atoms.